The molecule has 0 atom stereocenters. The van der Waals surface area contributed by atoms with E-state index in [4.69, 9.17) is 0 Å². The highest BCUT2D eigenvalue weighted by Gasteiger charge is 2.00. The van der Waals surface area contributed by atoms with E-state index in [1.54, 1.807) is 0 Å². The predicted molar refractivity (Wildman–Crippen MR) is 45.5 cm³/mol. The first kappa shape index (κ1) is 6.29. The van der Waals surface area contributed by atoms with Crippen LogP contribution in [0.1, 0.15) is 12.0 Å². The molecule has 0 amide bonds. The Morgan fingerprint density at radius 1 is 1.10 bits per heavy atom. The zero-order valence-electron chi connectivity index (χ0n) is 5.84. The van der Waals surface area contributed by atoms with Crippen molar-refractivity contribution in [3.63, 3.8) is 0 Å². The standard InChI is InChI=1S/C9H10S/c1-2-8-3-5-9(6-4-8)10-7-1/h3-6H,1-2,7H2. The summed E-state index contributed by atoms with van der Waals surface area (Å²) in [6.07, 6.45) is 2.59. The first-order valence-corrected chi connectivity index (χ1v) is 4.65. The lowest BCUT2D eigenvalue weighted by Crippen LogP contribution is -1.91. The summed E-state index contributed by atoms with van der Waals surface area (Å²) in [4.78, 5) is 1.42. The van der Waals surface area contributed by atoms with Crippen molar-refractivity contribution in [2.75, 3.05) is 5.75 Å². The Labute approximate surface area is 65.6 Å². The lowest BCUT2D eigenvalue weighted by Gasteiger charge is -2.08. The molecule has 0 aliphatic carbocycles. The normalized spacial score (nSPS) is 16.4. The Morgan fingerprint density at radius 3 is 2.70 bits per heavy atom. The van der Waals surface area contributed by atoms with Gasteiger partial charge in [-0.1, -0.05) is 12.1 Å². The van der Waals surface area contributed by atoms with Crippen molar-refractivity contribution in [3.8, 4) is 0 Å². The van der Waals surface area contributed by atoms with Gasteiger partial charge in [0.05, 0.1) is 0 Å². The lowest BCUT2D eigenvalue weighted by atomic mass is 10.1. The minimum Gasteiger partial charge on any atom is -0.126 e. The molecule has 0 aromatic heterocycles. The molecule has 2 bridgehead atoms. The van der Waals surface area contributed by atoms with E-state index in [2.05, 4.69) is 24.3 Å². The van der Waals surface area contributed by atoms with Gasteiger partial charge in [0.2, 0.25) is 0 Å². The zero-order valence-corrected chi connectivity index (χ0v) is 6.66. The summed E-state index contributed by atoms with van der Waals surface area (Å²) in [7, 11) is 0. The van der Waals surface area contributed by atoms with Crippen molar-refractivity contribution in [3.05, 3.63) is 29.8 Å². The second kappa shape index (κ2) is 2.67. The third kappa shape index (κ3) is 1.19. The second-order valence-electron chi connectivity index (χ2n) is 2.60. The summed E-state index contributed by atoms with van der Waals surface area (Å²) in [5.74, 6) is 1.29. The van der Waals surface area contributed by atoms with Crippen LogP contribution >= 0.6 is 11.8 Å². The molecule has 0 fully saturated rings. The van der Waals surface area contributed by atoms with Crippen molar-refractivity contribution in [1.82, 2.24) is 0 Å². The highest BCUT2D eigenvalue weighted by Crippen LogP contribution is 2.23. The predicted octanol–water partition coefficient (Wildman–Crippen LogP) is 2.72. The van der Waals surface area contributed by atoms with Crippen LogP contribution in [0.4, 0.5) is 0 Å². The highest BCUT2D eigenvalue weighted by molar-refractivity contribution is 7.99. The molecule has 0 unspecified atom stereocenters. The van der Waals surface area contributed by atoms with E-state index in [1.165, 1.54) is 29.1 Å². The van der Waals surface area contributed by atoms with Gasteiger partial charge < -0.3 is 0 Å². The Balaban J connectivity index is 2.40. The van der Waals surface area contributed by atoms with E-state index in [1.807, 2.05) is 11.8 Å². The van der Waals surface area contributed by atoms with E-state index in [9.17, 15) is 0 Å². The largest absolute Gasteiger partial charge is 0.126 e. The van der Waals surface area contributed by atoms with Crippen LogP contribution in [0.25, 0.3) is 0 Å². The number of benzene rings is 1. The molecule has 1 heteroatoms. The Hall–Kier alpha value is -0.430. The molecule has 3 rings (SSSR count). The van der Waals surface area contributed by atoms with Crippen LogP contribution in [-0.2, 0) is 6.42 Å². The van der Waals surface area contributed by atoms with Gasteiger partial charge in [0.15, 0.2) is 0 Å². The summed E-state index contributed by atoms with van der Waals surface area (Å²) in [6.45, 7) is 0. The Kier molecular flexibility index (Phi) is 1.68. The average Bonchev–Trinajstić information content (AvgIpc) is 1.89. The van der Waals surface area contributed by atoms with Crippen LogP contribution in [0.5, 0.6) is 0 Å². The molecular weight excluding hydrogens is 140 g/mol. The number of aryl methyl sites for hydroxylation is 1. The summed E-state index contributed by atoms with van der Waals surface area (Å²) >= 11 is 1.96. The molecule has 2 aliphatic rings. The molecule has 0 radical (unpaired) electrons. The van der Waals surface area contributed by atoms with Crippen molar-refractivity contribution in [1.29, 1.82) is 0 Å². The first-order valence-electron chi connectivity index (χ1n) is 3.67. The maximum atomic E-state index is 2.24. The van der Waals surface area contributed by atoms with Gasteiger partial charge in [0.25, 0.3) is 0 Å². The van der Waals surface area contributed by atoms with Crippen molar-refractivity contribution in [2.24, 2.45) is 0 Å². The second-order valence-corrected chi connectivity index (χ2v) is 3.76. The van der Waals surface area contributed by atoms with E-state index < -0.39 is 0 Å². The minimum atomic E-state index is 1.26. The fourth-order valence-corrected chi connectivity index (χ4v) is 2.07. The van der Waals surface area contributed by atoms with Gasteiger partial charge in [-0.15, -0.1) is 11.8 Å². The molecule has 0 nitrogen and oxygen atoms in total. The van der Waals surface area contributed by atoms with Gasteiger partial charge in [0.1, 0.15) is 0 Å². The molecule has 0 saturated carbocycles. The fourth-order valence-electron chi connectivity index (χ4n) is 1.22. The van der Waals surface area contributed by atoms with Gasteiger partial charge in [0, 0.05) is 4.90 Å². The maximum Gasteiger partial charge on any atom is 0.00721 e. The zero-order chi connectivity index (χ0) is 6.81. The van der Waals surface area contributed by atoms with Crippen molar-refractivity contribution in [2.45, 2.75) is 17.7 Å². The number of fused-ring (bicyclic) bond motifs is 5. The molecule has 2 heterocycles. The third-order valence-corrected chi connectivity index (χ3v) is 2.90. The highest BCUT2D eigenvalue weighted by atomic mass is 32.2. The van der Waals surface area contributed by atoms with Crippen molar-refractivity contribution < 1.29 is 0 Å². The Morgan fingerprint density at radius 2 is 1.90 bits per heavy atom. The summed E-state index contributed by atoms with van der Waals surface area (Å²) in [6, 6.07) is 8.92. The molecule has 1 aromatic carbocycles. The molecule has 1 aromatic rings. The van der Waals surface area contributed by atoms with Crippen LogP contribution in [0.15, 0.2) is 29.2 Å². The van der Waals surface area contributed by atoms with Gasteiger partial charge in [-0.25, -0.2) is 0 Å². The third-order valence-electron chi connectivity index (χ3n) is 1.80. The van der Waals surface area contributed by atoms with E-state index >= 15 is 0 Å². The topological polar surface area (TPSA) is 0 Å². The molecular formula is C9H10S. The molecule has 52 valence electrons. The SMILES string of the molecule is c1cc2ccc1CCCS2. The van der Waals surface area contributed by atoms with Gasteiger partial charge in [-0.2, -0.15) is 0 Å². The van der Waals surface area contributed by atoms with Gasteiger partial charge in [-0.05, 0) is 36.3 Å². The number of thioether (sulfide) groups is 1. The molecule has 0 saturated heterocycles. The average molecular weight is 150 g/mol. The summed E-state index contributed by atoms with van der Waals surface area (Å²) in [5, 5.41) is 0. The Bertz CT molecular complexity index is 188. The molecule has 10 heavy (non-hydrogen) atoms. The number of rotatable bonds is 0. The quantitative estimate of drug-likeness (QED) is 0.548. The van der Waals surface area contributed by atoms with Crippen molar-refractivity contribution >= 4 is 11.8 Å². The number of hydrogen-bond donors (Lipinski definition) is 0. The van der Waals surface area contributed by atoms with Gasteiger partial charge >= 0.3 is 0 Å². The molecule has 0 N–H and O–H groups in total. The lowest BCUT2D eigenvalue weighted by molar-refractivity contribution is 0.924. The van der Waals surface area contributed by atoms with Crippen LogP contribution in [0, 0.1) is 0 Å². The fraction of sp³-hybridized carbons (Fsp3) is 0.333. The van der Waals surface area contributed by atoms with E-state index in [0.29, 0.717) is 0 Å². The van der Waals surface area contributed by atoms with Gasteiger partial charge in [-0.3, -0.25) is 0 Å². The van der Waals surface area contributed by atoms with Crippen LogP contribution in [0.2, 0.25) is 0 Å². The summed E-state index contributed by atoms with van der Waals surface area (Å²) < 4.78 is 0. The molecule has 0 spiro atoms. The van der Waals surface area contributed by atoms with Crippen LogP contribution < -0.4 is 0 Å². The smallest absolute Gasteiger partial charge is 0.00721 e. The maximum absolute atomic E-state index is 2.24. The van der Waals surface area contributed by atoms with E-state index in [0.717, 1.165) is 0 Å². The van der Waals surface area contributed by atoms with Crippen LogP contribution in [-0.4, -0.2) is 5.75 Å². The molecule has 2 aliphatic heterocycles. The monoisotopic (exact) mass is 150 g/mol. The number of hydrogen-bond acceptors (Lipinski definition) is 1. The van der Waals surface area contributed by atoms with Crippen LogP contribution in [0.3, 0.4) is 0 Å². The first-order chi connectivity index (χ1) is 4.95. The minimum absolute atomic E-state index is 1.26. The summed E-state index contributed by atoms with van der Waals surface area (Å²) in [5.41, 5.74) is 1.49. The van der Waals surface area contributed by atoms with E-state index in [-0.39, 0.29) is 0 Å².